The maximum absolute atomic E-state index is 12.1. The van der Waals surface area contributed by atoms with Crippen LogP contribution in [-0.4, -0.2) is 54.9 Å². The standard InChI is InChI=1S/C12H21NO5S/c1-12(2,9-11(15)16)8-10(14)13-4-3-6-19(17,18)7-5-13/h3-9H2,1-2H3,(H,15,16). The molecule has 1 rings (SSSR count). The molecule has 0 aromatic carbocycles. The Morgan fingerprint density at radius 2 is 1.79 bits per heavy atom. The molecule has 1 amide bonds. The van der Waals surface area contributed by atoms with Crippen molar-refractivity contribution in [3.8, 4) is 0 Å². The normalized spacial score (nSPS) is 19.8. The van der Waals surface area contributed by atoms with Crippen LogP contribution in [0.3, 0.4) is 0 Å². The lowest BCUT2D eigenvalue weighted by molar-refractivity contribution is -0.140. The summed E-state index contributed by atoms with van der Waals surface area (Å²) in [6.45, 7) is 4.10. The van der Waals surface area contributed by atoms with Crippen LogP contribution >= 0.6 is 0 Å². The van der Waals surface area contributed by atoms with Gasteiger partial charge in [0.05, 0.1) is 17.9 Å². The van der Waals surface area contributed by atoms with E-state index < -0.39 is 21.2 Å². The molecule has 1 saturated heterocycles. The van der Waals surface area contributed by atoms with Crippen LogP contribution in [0.15, 0.2) is 0 Å². The molecule has 0 aliphatic carbocycles. The summed E-state index contributed by atoms with van der Waals surface area (Å²) in [6.07, 6.45) is 0.498. The summed E-state index contributed by atoms with van der Waals surface area (Å²) < 4.78 is 22.9. The summed E-state index contributed by atoms with van der Waals surface area (Å²) in [5, 5.41) is 8.78. The lowest BCUT2D eigenvalue weighted by Crippen LogP contribution is -2.36. The molecule has 1 aliphatic rings. The highest BCUT2D eigenvalue weighted by Gasteiger charge is 2.29. The summed E-state index contributed by atoms with van der Waals surface area (Å²) in [4.78, 5) is 24.3. The van der Waals surface area contributed by atoms with Gasteiger partial charge in [-0.15, -0.1) is 0 Å². The molecule has 0 unspecified atom stereocenters. The fourth-order valence-corrected chi connectivity index (χ4v) is 3.45. The number of aliphatic carboxylic acids is 1. The van der Waals surface area contributed by atoms with Gasteiger partial charge in [0, 0.05) is 19.5 Å². The van der Waals surface area contributed by atoms with Crippen LogP contribution in [0, 0.1) is 5.41 Å². The van der Waals surface area contributed by atoms with Crippen molar-refractivity contribution in [1.29, 1.82) is 0 Å². The number of rotatable bonds is 4. The molecule has 0 radical (unpaired) electrons. The van der Waals surface area contributed by atoms with Crippen LogP contribution in [0.25, 0.3) is 0 Å². The predicted molar refractivity (Wildman–Crippen MR) is 70.5 cm³/mol. The van der Waals surface area contributed by atoms with Crippen LogP contribution in [0.1, 0.15) is 33.1 Å². The molecule has 7 heteroatoms. The summed E-state index contributed by atoms with van der Waals surface area (Å²) >= 11 is 0. The van der Waals surface area contributed by atoms with E-state index in [2.05, 4.69) is 0 Å². The second kappa shape index (κ2) is 5.90. The van der Waals surface area contributed by atoms with Gasteiger partial charge in [-0.2, -0.15) is 0 Å². The molecule has 0 saturated carbocycles. The van der Waals surface area contributed by atoms with Crippen molar-refractivity contribution in [2.75, 3.05) is 24.6 Å². The number of sulfone groups is 1. The average molecular weight is 291 g/mol. The summed E-state index contributed by atoms with van der Waals surface area (Å²) in [5.41, 5.74) is -0.617. The Morgan fingerprint density at radius 3 is 2.37 bits per heavy atom. The van der Waals surface area contributed by atoms with Crippen molar-refractivity contribution in [3.05, 3.63) is 0 Å². The zero-order chi connectivity index (χ0) is 14.7. The largest absolute Gasteiger partial charge is 0.481 e. The van der Waals surface area contributed by atoms with E-state index in [1.807, 2.05) is 0 Å². The zero-order valence-electron chi connectivity index (χ0n) is 11.4. The van der Waals surface area contributed by atoms with Gasteiger partial charge in [0.25, 0.3) is 0 Å². The van der Waals surface area contributed by atoms with Crippen LogP contribution in [0.5, 0.6) is 0 Å². The molecule has 0 aromatic heterocycles. The van der Waals surface area contributed by atoms with Gasteiger partial charge >= 0.3 is 5.97 Å². The van der Waals surface area contributed by atoms with Crippen molar-refractivity contribution in [2.24, 2.45) is 5.41 Å². The van der Waals surface area contributed by atoms with E-state index >= 15 is 0 Å². The first-order valence-corrected chi connectivity index (χ1v) is 8.13. The molecular weight excluding hydrogens is 270 g/mol. The van der Waals surface area contributed by atoms with Gasteiger partial charge in [0.1, 0.15) is 0 Å². The van der Waals surface area contributed by atoms with Crippen LogP contribution in [0.2, 0.25) is 0 Å². The van der Waals surface area contributed by atoms with Gasteiger partial charge < -0.3 is 10.0 Å². The van der Waals surface area contributed by atoms with Crippen molar-refractivity contribution >= 4 is 21.7 Å². The van der Waals surface area contributed by atoms with E-state index in [4.69, 9.17) is 5.11 Å². The smallest absolute Gasteiger partial charge is 0.303 e. The minimum atomic E-state index is -3.04. The molecule has 19 heavy (non-hydrogen) atoms. The second-order valence-electron chi connectivity index (χ2n) is 5.80. The Kier molecular flexibility index (Phi) is 4.95. The van der Waals surface area contributed by atoms with Gasteiger partial charge in [-0.05, 0) is 11.8 Å². The highest BCUT2D eigenvalue weighted by atomic mass is 32.2. The van der Waals surface area contributed by atoms with Crippen LogP contribution in [-0.2, 0) is 19.4 Å². The highest BCUT2D eigenvalue weighted by Crippen LogP contribution is 2.26. The molecule has 0 atom stereocenters. The quantitative estimate of drug-likeness (QED) is 0.815. The third-order valence-corrected chi connectivity index (χ3v) is 4.88. The van der Waals surface area contributed by atoms with E-state index in [9.17, 15) is 18.0 Å². The summed E-state index contributed by atoms with van der Waals surface area (Å²) in [5.74, 6) is -0.979. The molecule has 1 fully saturated rings. The van der Waals surface area contributed by atoms with Crippen LogP contribution in [0.4, 0.5) is 0 Å². The van der Waals surface area contributed by atoms with Gasteiger partial charge in [0.15, 0.2) is 9.84 Å². The molecule has 0 bridgehead atoms. The summed E-state index contributed by atoms with van der Waals surface area (Å²) in [6, 6.07) is 0. The first-order valence-electron chi connectivity index (χ1n) is 6.31. The zero-order valence-corrected chi connectivity index (χ0v) is 12.2. The number of carbonyl (C=O) groups excluding carboxylic acids is 1. The Hall–Kier alpha value is -1.11. The molecule has 6 nitrogen and oxygen atoms in total. The maximum Gasteiger partial charge on any atom is 0.303 e. The van der Waals surface area contributed by atoms with E-state index in [1.165, 1.54) is 4.90 Å². The fraction of sp³-hybridized carbons (Fsp3) is 0.833. The molecule has 1 N–H and O–H groups in total. The third-order valence-electron chi connectivity index (χ3n) is 3.17. The molecule has 0 spiro atoms. The molecule has 1 heterocycles. The van der Waals surface area contributed by atoms with Gasteiger partial charge in [0.2, 0.25) is 5.91 Å². The van der Waals surface area contributed by atoms with Crippen molar-refractivity contribution in [3.63, 3.8) is 0 Å². The predicted octanol–water partition coefficient (Wildman–Crippen LogP) is 0.524. The van der Waals surface area contributed by atoms with Crippen molar-refractivity contribution in [1.82, 2.24) is 4.90 Å². The van der Waals surface area contributed by atoms with Crippen molar-refractivity contribution in [2.45, 2.75) is 33.1 Å². The lowest BCUT2D eigenvalue weighted by atomic mass is 9.85. The third kappa shape index (κ3) is 5.59. The topological polar surface area (TPSA) is 91.8 Å². The Morgan fingerprint density at radius 1 is 1.16 bits per heavy atom. The minimum absolute atomic E-state index is 0.00189. The number of hydrogen-bond donors (Lipinski definition) is 1. The first-order chi connectivity index (χ1) is 8.61. The number of carboxylic acids is 1. The Bertz CT molecular complexity index is 455. The second-order valence-corrected chi connectivity index (χ2v) is 8.10. The molecule has 0 aromatic rings. The lowest BCUT2D eigenvalue weighted by Gasteiger charge is -2.26. The molecule has 1 aliphatic heterocycles. The van der Waals surface area contributed by atoms with E-state index in [1.54, 1.807) is 13.8 Å². The van der Waals surface area contributed by atoms with Crippen molar-refractivity contribution < 1.29 is 23.1 Å². The van der Waals surface area contributed by atoms with Gasteiger partial charge in [-0.3, -0.25) is 9.59 Å². The minimum Gasteiger partial charge on any atom is -0.481 e. The number of carbonyl (C=O) groups is 2. The van der Waals surface area contributed by atoms with Crippen LogP contribution < -0.4 is 0 Å². The SMILES string of the molecule is CC(C)(CC(=O)O)CC(=O)N1CCCS(=O)(=O)CC1. The number of amides is 1. The Labute approximate surface area is 113 Å². The highest BCUT2D eigenvalue weighted by molar-refractivity contribution is 7.91. The Balaban J connectivity index is 2.61. The van der Waals surface area contributed by atoms with Gasteiger partial charge in [-0.25, -0.2) is 8.42 Å². The van der Waals surface area contributed by atoms with E-state index in [0.29, 0.717) is 13.0 Å². The average Bonchev–Trinajstić information content (AvgIpc) is 2.36. The monoisotopic (exact) mass is 291 g/mol. The number of hydrogen-bond acceptors (Lipinski definition) is 4. The fourth-order valence-electron chi connectivity index (χ4n) is 2.18. The number of carboxylic acid groups (broad SMARTS) is 1. The van der Waals surface area contributed by atoms with Gasteiger partial charge in [-0.1, -0.05) is 13.8 Å². The van der Waals surface area contributed by atoms with E-state index in [0.717, 1.165) is 0 Å². The van der Waals surface area contributed by atoms with E-state index in [-0.39, 0.29) is 36.8 Å². The maximum atomic E-state index is 12.1. The number of nitrogens with zero attached hydrogens (tertiary/aromatic N) is 1. The first kappa shape index (κ1) is 15.9. The molecular formula is C12H21NO5S. The molecule has 110 valence electrons. The summed E-state index contributed by atoms with van der Waals surface area (Å²) in [7, 11) is -3.04.